The van der Waals surface area contributed by atoms with Crippen molar-refractivity contribution in [3.8, 4) is 16.3 Å². The summed E-state index contributed by atoms with van der Waals surface area (Å²) in [5, 5.41) is 6.69. The van der Waals surface area contributed by atoms with Crippen LogP contribution in [-0.4, -0.2) is 46.3 Å². The molecule has 154 valence electrons. The van der Waals surface area contributed by atoms with Crippen LogP contribution < -0.4 is 0 Å². The summed E-state index contributed by atoms with van der Waals surface area (Å²) < 4.78 is 6.95. The van der Waals surface area contributed by atoms with Crippen LogP contribution >= 0.6 is 11.3 Å². The molecule has 0 atom stereocenters. The molecular weight excluding hydrogens is 398 g/mol. The van der Waals surface area contributed by atoms with Gasteiger partial charge in [0.15, 0.2) is 6.61 Å². The maximum atomic E-state index is 12.2. The summed E-state index contributed by atoms with van der Waals surface area (Å²) in [5.41, 5.74) is 2.53. The van der Waals surface area contributed by atoms with Crippen LogP contribution in [-0.2, 0) is 14.3 Å². The van der Waals surface area contributed by atoms with Crippen LogP contribution in [0.3, 0.4) is 0 Å². The van der Waals surface area contributed by atoms with Crippen molar-refractivity contribution in [2.45, 2.75) is 19.3 Å². The number of rotatable bonds is 6. The number of likely N-dealkylation sites (tertiary alicyclic amines) is 1. The van der Waals surface area contributed by atoms with E-state index in [0.29, 0.717) is 0 Å². The molecule has 1 saturated heterocycles. The van der Waals surface area contributed by atoms with E-state index in [1.807, 2.05) is 54.0 Å². The van der Waals surface area contributed by atoms with Crippen molar-refractivity contribution in [1.82, 2.24) is 14.7 Å². The molecule has 1 amide bonds. The average Bonchev–Trinajstić information content (AvgIpc) is 3.47. The second-order valence-electron chi connectivity index (χ2n) is 7.07. The zero-order valence-corrected chi connectivity index (χ0v) is 17.4. The lowest BCUT2D eigenvalue weighted by Gasteiger charge is -2.26. The molecule has 0 bridgehead atoms. The minimum absolute atomic E-state index is 0.132. The van der Waals surface area contributed by atoms with Gasteiger partial charge < -0.3 is 9.64 Å². The Balaban J connectivity index is 1.46. The predicted molar refractivity (Wildman–Crippen MR) is 117 cm³/mol. The molecule has 1 aliphatic rings. The molecule has 0 aliphatic carbocycles. The van der Waals surface area contributed by atoms with Crippen molar-refractivity contribution in [1.29, 1.82) is 0 Å². The quantitative estimate of drug-likeness (QED) is 0.443. The number of piperidine rings is 1. The number of thiophene rings is 1. The highest BCUT2D eigenvalue weighted by Crippen LogP contribution is 2.28. The molecule has 0 spiro atoms. The van der Waals surface area contributed by atoms with Crippen LogP contribution in [0.5, 0.6) is 0 Å². The molecule has 2 aromatic heterocycles. The fourth-order valence-corrected chi connectivity index (χ4v) is 4.13. The van der Waals surface area contributed by atoms with Crippen molar-refractivity contribution < 1.29 is 14.3 Å². The van der Waals surface area contributed by atoms with Crippen molar-refractivity contribution >= 4 is 29.3 Å². The van der Waals surface area contributed by atoms with Crippen molar-refractivity contribution in [3.05, 3.63) is 65.7 Å². The molecule has 1 aliphatic heterocycles. The van der Waals surface area contributed by atoms with E-state index in [4.69, 9.17) is 9.84 Å². The molecule has 0 saturated carbocycles. The number of hydrogen-bond acceptors (Lipinski definition) is 5. The molecule has 1 aromatic carbocycles. The second kappa shape index (κ2) is 9.54. The summed E-state index contributed by atoms with van der Waals surface area (Å²) in [6.45, 7) is 1.27. The number of carbonyl (C=O) groups excluding carboxylic acids is 2. The number of amides is 1. The zero-order valence-electron chi connectivity index (χ0n) is 16.6. The normalized spacial score (nSPS) is 14.2. The first-order valence-electron chi connectivity index (χ1n) is 10.0. The van der Waals surface area contributed by atoms with Gasteiger partial charge in [-0.1, -0.05) is 24.3 Å². The Hall–Kier alpha value is -3.19. The van der Waals surface area contributed by atoms with Crippen LogP contribution in [0.25, 0.3) is 22.3 Å². The standard InChI is InChI=1S/C23H23N3O3S/c27-21(25-13-5-2-6-14-25)17-29-22(28)12-11-18-16-26(19-8-3-1-4-9-19)24-23(18)20-10-7-15-30-20/h1,3-4,7-12,15-16H,2,5-6,13-14,17H2. The smallest absolute Gasteiger partial charge is 0.331 e. The van der Waals surface area contributed by atoms with Crippen LogP contribution in [0.1, 0.15) is 24.8 Å². The van der Waals surface area contributed by atoms with Gasteiger partial charge in [-0.15, -0.1) is 11.3 Å². The van der Waals surface area contributed by atoms with Gasteiger partial charge in [0.25, 0.3) is 5.91 Å². The summed E-state index contributed by atoms with van der Waals surface area (Å²) in [5.74, 6) is -0.669. The van der Waals surface area contributed by atoms with Gasteiger partial charge in [-0.25, -0.2) is 9.48 Å². The van der Waals surface area contributed by atoms with E-state index >= 15 is 0 Å². The predicted octanol–water partition coefficient (Wildman–Crippen LogP) is 4.17. The third kappa shape index (κ3) is 4.86. The molecular formula is C23H23N3O3S. The van der Waals surface area contributed by atoms with Gasteiger partial charge in [0.2, 0.25) is 0 Å². The maximum absolute atomic E-state index is 12.2. The summed E-state index contributed by atoms with van der Waals surface area (Å²) in [7, 11) is 0. The monoisotopic (exact) mass is 421 g/mol. The molecule has 30 heavy (non-hydrogen) atoms. The number of nitrogens with zero attached hydrogens (tertiary/aromatic N) is 3. The Morgan fingerprint density at radius 1 is 1.07 bits per heavy atom. The first-order chi connectivity index (χ1) is 14.7. The fourth-order valence-electron chi connectivity index (χ4n) is 3.40. The van der Waals surface area contributed by atoms with E-state index in [9.17, 15) is 9.59 Å². The Labute approximate surface area is 179 Å². The van der Waals surface area contributed by atoms with E-state index < -0.39 is 5.97 Å². The molecule has 3 heterocycles. The SMILES string of the molecule is O=C(C=Cc1cn(-c2ccccc2)nc1-c1cccs1)OCC(=O)N1CCCCC1. The summed E-state index contributed by atoms with van der Waals surface area (Å²) >= 11 is 1.59. The van der Waals surface area contributed by atoms with Gasteiger partial charge in [0.1, 0.15) is 5.69 Å². The first kappa shape index (κ1) is 20.1. The van der Waals surface area contributed by atoms with Gasteiger partial charge in [0, 0.05) is 30.9 Å². The maximum Gasteiger partial charge on any atom is 0.331 e. The van der Waals surface area contributed by atoms with Gasteiger partial charge in [0.05, 0.1) is 10.6 Å². The lowest BCUT2D eigenvalue weighted by molar-refractivity contribution is -0.148. The minimum atomic E-state index is -0.537. The first-order valence-corrected chi connectivity index (χ1v) is 10.9. The molecule has 0 unspecified atom stereocenters. The van der Waals surface area contributed by atoms with Crippen molar-refractivity contribution in [3.63, 3.8) is 0 Å². The Bertz CT molecular complexity index is 1020. The summed E-state index contributed by atoms with van der Waals surface area (Å²) in [4.78, 5) is 27.1. The number of para-hydroxylation sites is 1. The van der Waals surface area contributed by atoms with E-state index in [0.717, 1.165) is 54.2 Å². The molecule has 0 radical (unpaired) electrons. The second-order valence-corrected chi connectivity index (χ2v) is 8.02. The van der Waals surface area contributed by atoms with Crippen LogP contribution in [0.4, 0.5) is 0 Å². The average molecular weight is 422 g/mol. The van der Waals surface area contributed by atoms with E-state index in [-0.39, 0.29) is 12.5 Å². The number of ether oxygens (including phenoxy) is 1. The Morgan fingerprint density at radius 2 is 1.87 bits per heavy atom. The topological polar surface area (TPSA) is 64.4 Å². The van der Waals surface area contributed by atoms with Gasteiger partial charge >= 0.3 is 5.97 Å². The van der Waals surface area contributed by atoms with E-state index in [1.54, 1.807) is 27.0 Å². The number of benzene rings is 1. The Morgan fingerprint density at radius 3 is 2.60 bits per heavy atom. The third-order valence-corrected chi connectivity index (χ3v) is 5.84. The lowest BCUT2D eigenvalue weighted by atomic mass is 10.1. The number of esters is 1. The van der Waals surface area contributed by atoms with Crippen LogP contribution in [0, 0.1) is 0 Å². The van der Waals surface area contributed by atoms with Crippen molar-refractivity contribution in [2.24, 2.45) is 0 Å². The van der Waals surface area contributed by atoms with Crippen molar-refractivity contribution in [2.75, 3.05) is 19.7 Å². The van der Waals surface area contributed by atoms with Gasteiger partial charge in [-0.05, 0) is 48.9 Å². The molecule has 6 nitrogen and oxygen atoms in total. The third-order valence-electron chi connectivity index (χ3n) is 4.96. The molecule has 3 aromatic rings. The summed E-state index contributed by atoms with van der Waals surface area (Å²) in [6.07, 6.45) is 8.09. The molecule has 7 heteroatoms. The molecule has 1 fully saturated rings. The fraction of sp³-hybridized carbons (Fsp3) is 0.261. The van der Waals surface area contributed by atoms with E-state index in [2.05, 4.69) is 0 Å². The highest BCUT2D eigenvalue weighted by atomic mass is 32.1. The number of hydrogen-bond donors (Lipinski definition) is 0. The highest BCUT2D eigenvalue weighted by Gasteiger charge is 2.17. The molecule has 0 N–H and O–H groups in total. The van der Waals surface area contributed by atoms with Crippen LogP contribution in [0.15, 0.2) is 60.1 Å². The van der Waals surface area contributed by atoms with Gasteiger partial charge in [-0.3, -0.25) is 4.79 Å². The zero-order chi connectivity index (χ0) is 20.8. The minimum Gasteiger partial charge on any atom is -0.452 e. The largest absolute Gasteiger partial charge is 0.452 e. The molecule has 4 rings (SSSR count). The number of aromatic nitrogens is 2. The van der Waals surface area contributed by atoms with Gasteiger partial charge in [-0.2, -0.15) is 5.10 Å². The lowest BCUT2D eigenvalue weighted by Crippen LogP contribution is -2.38. The summed E-state index contributed by atoms with van der Waals surface area (Å²) in [6, 6.07) is 13.8. The number of carbonyl (C=O) groups is 2. The highest BCUT2D eigenvalue weighted by molar-refractivity contribution is 7.13. The van der Waals surface area contributed by atoms with Crippen LogP contribution in [0.2, 0.25) is 0 Å². The Kier molecular flexibility index (Phi) is 6.39. The van der Waals surface area contributed by atoms with E-state index in [1.165, 1.54) is 6.08 Å².